The number of carbonyl (C=O) groups excluding carboxylic acids is 1. The molecule has 2 N–H and O–H groups in total. The summed E-state index contributed by atoms with van der Waals surface area (Å²) in [4.78, 5) is 12.5. The molecule has 0 aliphatic heterocycles. The summed E-state index contributed by atoms with van der Waals surface area (Å²) in [6.07, 6.45) is -4.50. The number of rotatable bonds is 10. The van der Waals surface area contributed by atoms with Gasteiger partial charge in [0.25, 0.3) is 0 Å². The fourth-order valence-corrected chi connectivity index (χ4v) is 4.26. The Bertz CT molecular complexity index is 1380. The molecular formula is C26H24F3N5O3S. The van der Waals surface area contributed by atoms with Crippen molar-refractivity contribution < 1.29 is 27.4 Å². The van der Waals surface area contributed by atoms with Crippen molar-refractivity contribution in [1.29, 1.82) is 0 Å². The molecule has 0 saturated heterocycles. The van der Waals surface area contributed by atoms with Crippen molar-refractivity contribution >= 4 is 29.0 Å². The van der Waals surface area contributed by atoms with E-state index in [1.165, 1.54) is 12.1 Å². The second kappa shape index (κ2) is 11.9. The number of nitrogens with zero attached hydrogens (tertiary/aromatic N) is 3. The van der Waals surface area contributed by atoms with Gasteiger partial charge in [0, 0.05) is 17.1 Å². The van der Waals surface area contributed by atoms with E-state index in [-0.39, 0.29) is 11.4 Å². The number of amides is 1. The number of hydrogen-bond donors (Lipinski definition) is 2. The van der Waals surface area contributed by atoms with E-state index in [2.05, 4.69) is 20.8 Å². The first kappa shape index (κ1) is 26.9. The lowest BCUT2D eigenvalue weighted by Gasteiger charge is -2.13. The Hall–Kier alpha value is -4.19. The Morgan fingerprint density at radius 2 is 1.58 bits per heavy atom. The maximum Gasteiger partial charge on any atom is 0.416 e. The fourth-order valence-electron chi connectivity index (χ4n) is 3.49. The van der Waals surface area contributed by atoms with Crippen molar-refractivity contribution in [3.63, 3.8) is 0 Å². The molecule has 1 amide bonds. The molecule has 0 spiro atoms. The smallest absolute Gasteiger partial charge is 0.416 e. The van der Waals surface area contributed by atoms with Crippen molar-refractivity contribution in [1.82, 2.24) is 14.8 Å². The molecule has 8 nitrogen and oxygen atoms in total. The van der Waals surface area contributed by atoms with Crippen LogP contribution in [0.25, 0.3) is 5.69 Å². The number of thioether (sulfide) groups is 1. The zero-order valence-electron chi connectivity index (χ0n) is 20.5. The van der Waals surface area contributed by atoms with Gasteiger partial charge in [-0.1, -0.05) is 17.8 Å². The standard InChI is InChI=1S/C26H24F3N5O3S/c1-36-21-10-6-18(7-11-21)30-15-23-32-33-25(34(23)20-8-12-22(37-2)13-9-20)38-16-24(35)31-19-5-3-4-17(14-19)26(27,28)29/h3-14,30H,15-16H2,1-2H3,(H,31,35). The number of methoxy groups -OCH3 is 2. The van der Waals surface area contributed by atoms with Crippen LogP contribution in [-0.4, -0.2) is 40.6 Å². The molecule has 0 unspecified atom stereocenters. The first-order valence-corrected chi connectivity index (χ1v) is 12.3. The minimum Gasteiger partial charge on any atom is -0.497 e. The average molecular weight is 544 g/mol. The van der Waals surface area contributed by atoms with Crippen LogP contribution >= 0.6 is 11.8 Å². The van der Waals surface area contributed by atoms with Crippen molar-refractivity contribution in [2.45, 2.75) is 17.9 Å². The number of anilines is 2. The van der Waals surface area contributed by atoms with E-state index in [1.807, 2.05) is 36.4 Å². The van der Waals surface area contributed by atoms with E-state index >= 15 is 0 Å². The van der Waals surface area contributed by atoms with Gasteiger partial charge in [0.15, 0.2) is 11.0 Å². The molecule has 0 radical (unpaired) electrons. The van der Waals surface area contributed by atoms with E-state index in [9.17, 15) is 18.0 Å². The van der Waals surface area contributed by atoms with E-state index in [0.29, 0.717) is 23.3 Å². The lowest BCUT2D eigenvalue weighted by Crippen LogP contribution is -2.15. The first-order chi connectivity index (χ1) is 18.3. The Morgan fingerprint density at radius 3 is 2.21 bits per heavy atom. The molecule has 38 heavy (non-hydrogen) atoms. The predicted molar refractivity (Wildman–Crippen MR) is 139 cm³/mol. The summed E-state index contributed by atoms with van der Waals surface area (Å²) in [6.45, 7) is 0.336. The summed E-state index contributed by atoms with van der Waals surface area (Å²) in [5, 5.41) is 14.8. The first-order valence-electron chi connectivity index (χ1n) is 11.3. The van der Waals surface area contributed by atoms with Crippen molar-refractivity contribution in [3.05, 3.63) is 84.2 Å². The summed E-state index contributed by atoms with van der Waals surface area (Å²) < 4.78 is 51.2. The lowest BCUT2D eigenvalue weighted by atomic mass is 10.2. The van der Waals surface area contributed by atoms with Crippen LogP contribution in [0.3, 0.4) is 0 Å². The number of benzene rings is 3. The summed E-state index contributed by atoms with van der Waals surface area (Å²) in [7, 11) is 3.17. The maximum absolute atomic E-state index is 13.0. The SMILES string of the molecule is COc1ccc(NCc2nnc(SCC(=O)Nc3cccc(C(F)(F)F)c3)n2-c2ccc(OC)cc2)cc1. The number of carbonyl (C=O) groups is 1. The third kappa shape index (κ3) is 6.76. The van der Waals surface area contributed by atoms with E-state index < -0.39 is 17.6 Å². The summed E-state index contributed by atoms with van der Waals surface area (Å²) in [6, 6.07) is 19.2. The number of halogens is 3. The van der Waals surface area contributed by atoms with Gasteiger partial charge in [-0.05, 0) is 66.7 Å². The molecule has 0 bridgehead atoms. The molecule has 0 aliphatic carbocycles. The normalized spacial score (nSPS) is 11.2. The van der Waals surface area contributed by atoms with Gasteiger partial charge >= 0.3 is 6.18 Å². The lowest BCUT2D eigenvalue weighted by molar-refractivity contribution is -0.137. The van der Waals surface area contributed by atoms with E-state index in [0.717, 1.165) is 41.0 Å². The third-order valence-electron chi connectivity index (χ3n) is 5.38. The molecule has 0 fully saturated rings. The molecule has 4 rings (SSSR count). The van der Waals surface area contributed by atoms with E-state index in [4.69, 9.17) is 9.47 Å². The van der Waals surface area contributed by atoms with Gasteiger partial charge in [0.05, 0.1) is 32.1 Å². The maximum atomic E-state index is 13.0. The monoisotopic (exact) mass is 543 g/mol. The van der Waals surface area contributed by atoms with Crippen LogP contribution in [0.15, 0.2) is 78.0 Å². The molecule has 0 saturated carbocycles. The highest BCUT2D eigenvalue weighted by Crippen LogP contribution is 2.31. The Labute approximate surface area is 221 Å². The minimum atomic E-state index is -4.50. The van der Waals surface area contributed by atoms with Crippen LogP contribution < -0.4 is 20.1 Å². The van der Waals surface area contributed by atoms with Crippen molar-refractivity contribution in [2.75, 3.05) is 30.6 Å². The molecule has 1 heterocycles. The minimum absolute atomic E-state index is 0.0615. The average Bonchev–Trinajstić information content (AvgIpc) is 3.33. The number of hydrogen-bond acceptors (Lipinski definition) is 7. The molecule has 3 aromatic carbocycles. The summed E-state index contributed by atoms with van der Waals surface area (Å²) in [5.74, 6) is 1.44. The Balaban J connectivity index is 1.50. The van der Waals surface area contributed by atoms with Crippen molar-refractivity contribution in [3.8, 4) is 17.2 Å². The van der Waals surface area contributed by atoms with Gasteiger partial charge in [-0.2, -0.15) is 13.2 Å². The zero-order valence-corrected chi connectivity index (χ0v) is 21.3. The quantitative estimate of drug-likeness (QED) is 0.250. The third-order valence-corrected chi connectivity index (χ3v) is 6.31. The van der Waals surface area contributed by atoms with Crippen LogP contribution in [0.1, 0.15) is 11.4 Å². The topological polar surface area (TPSA) is 90.3 Å². The second-order valence-corrected chi connectivity index (χ2v) is 8.87. The predicted octanol–water partition coefficient (Wildman–Crippen LogP) is 5.65. The van der Waals surface area contributed by atoms with E-state index in [1.54, 1.807) is 30.9 Å². The zero-order chi connectivity index (χ0) is 27.1. The highest BCUT2D eigenvalue weighted by Gasteiger charge is 2.30. The molecule has 0 atom stereocenters. The van der Waals surface area contributed by atoms with Gasteiger partial charge in [0.2, 0.25) is 5.91 Å². The van der Waals surface area contributed by atoms with Crippen LogP contribution in [0, 0.1) is 0 Å². The van der Waals surface area contributed by atoms with Crippen LogP contribution in [0.2, 0.25) is 0 Å². The highest BCUT2D eigenvalue weighted by molar-refractivity contribution is 7.99. The summed E-state index contributed by atoms with van der Waals surface area (Å²) in [5.41, 5.74) is 0.829. The molecule has 0 aliphatic rings. The number of alkyl halides is 3. The second-order valence-electron chi connectivity index (χ2n) is 7.93. The van der Waals surface area contributed by atoms with Crippen LogP contribution in [0.4, 0.5) is 24.5 Å². The molecule has 12 heteroatoms. The molecule has 4 aromatic rings. The molecule has 198 valence electrons. The highest BCUT2D eigenvalue weighted by atomic mass is 32.2. The van der Waals surface area contributed by atoms with Gasteiger partial charge < -0.3 is 20.1 Å². The Morgan fingerprint density at radius 1 is 0.921 bits per heavy atom. The van der Waals surface area contributed by atoms with Gasteiger partial charge in [0.1, 0.15) is 11.5 Å². The number of nitrogens with one attached hydrogen (secondary N) is 2. The van der Waals surface area contributed by atoms with Crippen LogP contribution in [-0.2, 0) is 17.5 Å². The summed E-state index contributed by atoms with van der Waals surface area (Å²) >= 11 is 1.12. The molecule has 1 aromatic heterocycles. The van der Waals surface area contributed by atoms with Crippen LogP contribution in [0.5, 0.6) is 11.5 Å². The van der Waals surface area contributed by atoms with Gasteiger partial charge in [-0.25, -0.2) is 0 Å². The van der Waals surface area contributed by atoms with Gasteiger partial charge in [-0.3, -0.25) is 9.36 Å². The van der Waals surface area contributed by atoms with Gasteiger partial charge in [-0.15, -0.1) is 10.2 Å². The Kier molecular flexibility index (Phi) is 8.41. The largest absolute Gasteiger partial charge is 0.497 e. The fraction of sp³-hybridized carbons (Fsp3) is 0.192. The van der Waals surface area contributed by atoms with Crippen molar-refractivity contribution in [2.24, 2.45) is 0 Å². The number of ether oxygens (including phenoxy) is 2. The number of aromatic nitrogens is 3. The molecular weight excluding hydrogens is 519 g/mol.